The Morgan fingerprint density at radius 3 is 2.58 bits per heavy atom. The molecule has 0 unspecified atom stereocenters. The predicted molar refractivity (Wildman–Crippen MR) is 89.3 cm³/mol. The van der Waals surface area contributed by atoms with Gasteiger partial charge in [0.05, 0.1) is 0 Å². The van der Waals surface area contributed by atoms with E-state index in [4.69, 9.17) is 4.74 Å². The molecule has 1 amide bonds. The summed E-state index contributed by atoms with van der Waals surface area (Å²) in [6, 6.07) is 8.31. The molecule has 0 bridgehead atoms. The number of aromatic nitrogens is 2. The van der Waals surface area contributed by atoms with Crippen LogP contribution in [0.2, 0.25) is 0 Å². The zero-order chi connectivity index (χ0) is 17.5. The van der Waals surface area contributed by atoms with Gasteiger partial charge in [-0.15, -0.1) is 10.2 Å². The van der Waals surface area contributed by atoms with Crippen molar-refractivity contribution in [3.63, 3.8) is 0 Å². The van der Waals surface area contributed by atoms with Crippen molar-refractivity contribution in [2.75, 3.05) is 5.32 Å². The van der Waals surface area contributed by atoms with E-state index in [2.05, 4.69) is 15.5 Å². The third kappa shape index (κ3) is 4.72. The van der Waals surface area contributed by atoms with Crippen LogP contribution in [0.15, 0.2) is 29.8 Å². The maximum atomic E-state index is 12.1. The summed E-state index contributed by atoms with van der Waals surface area (Å²) in [7, 11) is 0. The molecule has 2 aromatic rings. The fraction of sp³-hybridized carbons (Fsp3) is 0.188. The molecule has 0 fully saturated rings. The van der Waals surface area contributed by atoms with Crippen molar-refractivity contribution in [3.05, 3.63) is 40.4 Å². The van der Waals surface area contributed by atoms with E-state index >= 15 is 0 Å². The van der Waals surface area contributed by atoms with Gasteiger partial charge in [-0.3, -0.25) is 14.9 Å². The van der Waals surface area contributed by atoms with Gasteiger partial charge in [0.2, 0.25) is 5.13 Å². The van der Waals surface area contributed by atoms with E-state index in [1.165, 1.54) is 24.3 Å². The number of esters is 1. The molecule has 24 heavy (non-hydrogen) atoms. The number of hydrogen-bond donors (Lipinski definition) is 1. The summed E-state index contributed by atoms with van der Waals surface area (Å²) in [5.41, 5.74) is 0.563. The Balaban J connectivity index is 2.11. The molecular formula is C16H14N4O3S. The van der Waals surface area contributed by atoms with Crippen molar-refractivity contribution < 1.29 is 14.3 Å². The van der Waals surface area contributed by atoms with Crippen LogP contribution >= 0.6 is 11.3 Å². The van der Waals surface area contributed by atoms with Crippen molar-refractivity contribution in [1.29, 1.82) is 5.26 Å². The number of nitrogens with zero attached hydrogens (tertiary/aromatic N) is 3. The molecule has 0 saturated carbocycles. The van der Waals surface area contributed by atoms with E-state index in [9.17, 15) is 14.9 Å². The normalized spacial score (nSPS) is 10.8. The van der Waals surface area contributed by atoms with E-state index in [1.54, 1.807) is 24.3 Å². The maximum absolute atomic E-state index is 12.1. The number of hydrogen-bond acceptors (Lipinski definition) is 7. The van der Waals surface area contributed by atoms with Gasteiger partial charge in [-0.2, -0.15) is 5.26 Å². The van der Waals surface area contributed by atoms with Crippen LogP contribution in [-0.2, 0) is 16.0 Å². The van der Waals surface area contributed by atoms with E-state index < -0.39 is 11.9 Å². The Bertz CT molecular complexity index is 819. The molecule has 1 heterocycles. The number of amides is 1. The quantitative estimate of drug-likeness (QED) is 0.387. The van der Waals surface area contributed by atoms with Gasteiger partial charge in [-0.25, -0.2) is 0 Å². The third-order valence-corrected chi connectivity index (χ3v) is 3.79. The minimum atomic E-state index is -0.555. The molecule has 0 aliphatic carbocycles. The first-order valence-corrected chi connectivity index (χ1v) is 7.87. The first-order valence-electron chi connectivity index (χ1n) is 7.05. The Morgan fingerprint density at radius 2 is 2.04 bits per heavy atom. The van der Waals surface area contributed by atoms with E-state index in [0.29, 0.717) is 16.4 Å². The second kappa shape index (κ2) is 7.99. The van der Waals surface area contributed by atoms with Gasteiger partial charge in [-0.05, 0) is 30.2 Å². The van der Waals surface area contributed by atoms with Crippen molar-refractivity contribution in [3.8, 4) is 11.8 Å². The fourth-order valence-electron chi connectivity index (χ4n) is 1.72. The number of ether oxygens (including phenoxy) is 1. The molecule has 8 heteroatoms. The molecule has 0 spiro atoms. The number of rotatable bonds is 5. The molecule has 1 aromatic carbocycles. The summed E-state index contributed by atoms with van der Waals surface area (Å²) in [5.74, 6) is -0.581. The molecule has 1 aromatic heterocycles. The lowest BCUT2D eigenvalue weighted by molar-refractivity contribution is -0.131. The summed E-state index contributed by atoms with van der Waals surface area (Å²) in [6.07, 6.45) is 2.16. The van der Waals surface area contributed by atoms with Crippen LogP contribution < -0.4 is 10.1 Å². The van der Waals surface area contributed by atoms with Crippen LogP contribution in [0.1, 0.15) is 24.4 Å². The first kappa shape index (κ1) is 17.3. The van der Waals surface area contributed by atoms with Gasteiger partial charge in [0.15, 0.2) is 0 Å². The smallest absolute Gasteiger partial charge is 0.308 e. The van der Waals surface area contributed by atoms with Crippen LogP contribution in [0.3, 0.4) is 0 Å². The van der Waals surface area contributed by atoms with Gasteiger partial charge in [0, 0.05) is 6.92 Å². The SMILES string of the molecule is CCc1nnc(NC(=O)/C(C#N)=C/c2ccc(OC(C)=O)cc2)s1. The van der Waals surface area contributed by atoms with Gasteiger partial charge in [0.1, 0.15) is 22.4 Å². The number of carbonyl (C=O) groups is 2. The second-order valence-electron chi connectivity index (χ2n) is 4.64. The lowest BCUT2D eigenvalue weighted by Crippen LogP contribution is -2.13. The third-order valence-electron chi connectivity index (χ3n) is 2.81. The van der Waals surface area contributed by atoms with Gasteiger partial charge in [-0.1, -0.05) is 30.4 Å². The zero-order valence-corrected chi connectivity index (χ0v) is 13.9. The lowest BCUT2D eigenvalue weighted by Gasteiger charge is -2.02. The highest BCUT2D eigenvalue weighted by Crippen LogP contribution is 2.18. The van der Waals surface area contributed by atoms with Crippen molar-refractivity contribution >= 4 is 34.4 Å². The number of carbonyl (C=O) groups excluding carboxylic acids is 2. The highest BCUT2D eigenvalue weighted by molar-refractivity contribution is 7.15. The Morgan fingerprint density at radius 1 is 1.33 bits per heavy atom. The number of aryl methyl sites for hydroxylation is 1. The van der Waals surface area contributed by atoms with Crippen LogP contribution in [0.25, 0.3) is 6.08 Å². The summed E-state index contributed by atoms with van der Waals surface area (Å²) < 4.78 is 4.92. The lowest BCUT2D eigenvalue weighted by atomic mass is 10.1. The summed E-state index contributed by atoms with van der Waals surface area (Å²) in [6.45, 7) is 3.25. The highest BCUT2D eigenvalue weighted by atomic mass is 32.1. The molecule has 0 atom stereocenters. The monoisotopic (exact) mass is 342 g/mol. The topological polar surface area (TPSA) is 105 Å². The van der Waals surface area contributed by atoms with Crippen LogP contribution in [0.4, 0.5) is 5.13 Å². The van der Waals surface area contributed by atoms with Crippen molar-refractivity contribution in [1.82, 2.24) is 10.2 Å². The first-order chi connectivity index (χ1) is 11.5. The zero-order valence-electron chi connectivity index (χ0n) is 13.1. The Hall–Kier alpha value is -3.05. The van der Waals surface area contributed by atoms with Crippen LogP contribution in [0, 0.1) is 11.3 Å². The van der Waals surface area contributed by atoms with E-state index in [1.807, 2.05) is 13.0 Å². The predicted octanol–water partition coefficient (Wildman–Crippen LogP) is 2.57. The standard InChI is InChI=1S/C16H14N4O3S/c1-3-14-19-20-16(24-14)18-15(22)12(9-17)8-11-4-6-13(7-5-11)23-10(2)21/h4-8H,3H2,1-2H3,(H,18,20,22)/b12-8+. The number of nitriles is 1. The molecule has 0 radical (unpaired) electrons. The second-order valence-corrected chi connectivity index (χ2v) is 5.70. The number of nitrogens with one attached hydrogen (secondary N) is 1. The average molecular weight is 342 g/mol. The van der Waals surface area contributed by atoms with Crippen molar-refractivity contribution in [2.24, 2.45) is 0 Å². The molecule has 2 rings (SSSR count). The molecular weight excluding hydrogens is 328 g/mol. The van der Waals surface area contributed by atoms with Gasteiger partial charge >= 0.3 is 5.97 Å². The van der Waals surface area contributed by atoms with E-state index in [-0.39, 0.29) is 5.57 Å². The van der Waals surface area contributed by atoms with Crippen LogP contribution in [-0.4, -0.2) is 22.1 Å². The minimum absolute atomic E-state index is 0.0662. The van der Waals surface area contributed by atoms with Crippen molar-refractivity contribution in [2.45, 2.75) is 20.3 Å². The van der Waals surface area contributed by atoms with Crippen LogP contribution in [0.5, 0.6) is 5.75 Å². The Kier molecular flexibility index (Phi) is 5.76. The van der Waals surface area contributed by atoms with E-state index in [0.717, 1.165) is 11.4 Å². The maximum Gasteiger partial charge on any atom is 0.308 e. The molecule has 122 valence electrons. The molecule has 7 nitrogen and oxygen atoms in total. The molecule has 0 aliphatic heterocycles. The average Bonchev–Trinajstić information content (AvgIpc) is 3.01. The van der Waals surface area contributed by atoms with Gasteiger partial charge in [0.25, 0.3) is 5.91 Å². The molecule has 0 aliphatic rings. The summed E-state index contributed by atoms with van der Waals surface area (Å²) in [5, 5.41) is 20.6. The molecule has 0 saturated heterocycles. The largest absolute Gasteiger partial charge is 0.427 e. The number of benzene rings is 1. The fourth-order valence-corrected chi connectivity index (χ4v) is 2.40. The summed E-state index contributed by atoms with van der Waals surface area (Å²) in [4.78, 5) is 23.0. The molecule has 1 N–H and O–H groups in total. The number of anilines is 1. The summed E-state index contributed by atoms with van der Waals surface area (Å²) >= 11 is 1.26. The highest BCUT2D eigenvalue weighted by Gasteiger charge is 2.12. The van der Waals surface area contributed by atoms with Gasteiger partial charge < -0.3 is 4.74 Å². The minimum Gasteiger partial charge on any atom is -0.427 e. The Labute approximate surface area is 142 Å².